The second kappa shape index (κ2) is 6.80. The first-order valence-corrected chi connectivity index (χ1v) is 7.19. The minimum atomic E-state index is -3.24. The third-order valence-electron chi connectivity index (χ3n) is 1.92. The zero-order valence-electron chi connectivity index (χ0n) is 9.75. The Hall–Kier alpha value is -0.830. The van der Waals surface area contributed by atoms with Crippen LogP contribution >= 0.6 is 19.8 Å². The van der Waals surface area contributed by atoms with Gasteiger partial charge < -0.3 is 9.05 Å². The first-order valence-electron chi connectivity index (χ1n) is 5.24. The molecule has 0 unspecified atom stereocenters. The van der Waals surface area contributed by atoms with Crippen LogP contribution in [0.2, 0.25) is 0 Å². The summed E-state index contributed by atoms with van der Waals surface area (Å²) in [6.45, 7) is 4.17. The molecule has 0 saturated heterocycles. The molecular formula is C11H14NO3PS. The Morgan fingerprint density at radius 2 is 2.00 bits per heavy atom. The summed E-state index contributed by atoms with van der Waals surface area (Å²) in [4.78, 5) is 3.83. The maximum Gasteiger partial charge on any atom is 0.361 e. The number of aliphatic imine (C=N–C) groups is 1. The van der Waals surface area contributed by atoms with E-state index in [0.29, 0.717) is 24.2 Å². The van der Waals surface area contributed by atoms with Gasteiger partial charge in [0.2, 0.25) is 0 Å². The summed E-state index contributed by atoms with van der Waals surface area (Å²) in [6, 6.07) is 6.79. The van der Waals surface area contributed by atoms with Gasteiger partial charge in [-0.1, -0.05) is 6.07 Å². The number of hydrogen-bond donors (Lipinski definition) is 0. The maximum atomic E-state index is 12.4. The van der Waals surface area contributed by atoms with Crippen molar-refractivity contribution in [3.63, 3.8) is 0 Å². The molecule has 0 radical (unpaired) electrons. The highest BCUT2D eigenvalue weighted by molar-refractivity contribution is 7.78. The van der Waals surface area contributed by atoms with Crippen LogP contribution in [0.4, 0.5) is 5.69 Å². The lowest BCUT2D eigenvalue weighted by Gasteiger charge is -2.17. The van der Waals surface area contributed by atoms with Gasteiger partial charge in [-0.3, -0.25) is 4.57 Å². The van der Waals surface area contributed by atoms with Crippen LogP contribution in [0, 0.1) is 0 Å². The molecule has 0 spiro atoms. The quantitative estimate of drug-likeness (QED) is 0.452. The molecular weight excluding hydrogens is 257 g/mol. The summed E-state index contributed by atoms with van der Waals surface area (Å²) in [5.74, 6) is 0. The normalized spacial score (nSPS) is 10.9. The molecule has 92 valence electrons. The summed E-state index contributed by atoms with van der Waals surface area (Å²) >= 11 is 4.52. The van der Waals surface area contributed by atoms with Gasteiger partial charge in [0.1, 0.15) is 0 Å². The Labute approximate surface area is 106 Å². The Morgan fingerprint density at radius 1 is 1.35 bits per heavy atom. The predicted octanol–water partition coefficient (Wildman–Crippen LogP) is 3.31. The Kier molecular flexibility index (Phi) is 5.69. The lowest BCUT2D eigenvalue weighted by Crippen LogP contribution is -2.10. The molecule has 1 aromatic rings. The van der Waals surface area contributed by atoms with Gasteiger partial charge in [-0.25, -0.2) is 0 Å². The minimum Gasteiger partial charge on any atom is -0.305 e. The van der Waals surface area contributed by atoms with Gasteiger partial charge in [0.25, 0.3) is 0 Å². The van der Waals surface area contributed by atoms with E-state index in [0.717, 1.165) is 0 Å². The van der Waals surface area contributed by atoms with Crippen LogP contribution < -0.4 is 5.30 Å². The standard InChI is InChI=1S/C11H14NO3PS/c1-3-14-16(13,15-4-2)11-7-5-6-10(8-11)12-9-17/h5-8H,3-4H2,1-2H3. The molecule has 0 fully saturated rings. The Balaban J connectivity index is 3.14. The molecule has 4 nitrogen and oxygen atoms in total. The number of nitrogens with zero attached hydrogens (tertiary/aromatic N) is 1. The van der Waals surface area contributed by atoms with Gasteiger partial charge in [0, 0.05) is 0 Å². The molecule has 0 aliphatic rings. The van der Waals surface area contributed by atoms with Gasteiger partial charge >= 0.3 is 7.60 Å². The number of hydrogen-bond acceptors (Lipinski definition) is 5. The molecule has 17 heavy (non-hydrogen) atoms. The molecule has 0 saturated carbocycles. The highest BCUT2D eigenvalue weighted by Crippen LogP contribution is 2.47. The topological polar surface area (TPSA) is 47.9 Å². The third-order valence-corrected chi connectivity index (χ3v) is 4.12. The highest BCUT2D eigenvalue weighted by Gasteiger charge is 2.26. The van der Waals surface area contributed by atoms with E-state index < -0.39 is 7.60 Å². The Morgan fingerprint density at radius 3 is 2.53 bits per heavy atom. The molecule has 0 bridgehead atoms. The minimum absolute atomic E-state index is 0.317. The van der Waals surface area contributed by atoms with Crippen molar-refractivity contribution in [2.24, 2.45) is 4.99 Å². The van der Waals surface area contributed by atoms with Crippen molar-refractivity contribution in [1.82, 2.24) is 0 Å². The number of thiocarbonyl (C=S) groups is 1. The van der Waals surface area contributed by atoms with E-state index in [2.05, 4.69) is 22.4 Å². The molecule has 0 aromatic heterocycles. The molecule has 1 rings (SSSR count). The fourth-order valence-corrected chi connectivity index (χ4v) is 3.03. The van der Waals surface area contributed by atoms with Crippen LogP contribution in [0.25, 0.3) is 0 Å². The third kappa shape index (κ3) is 3.84. The molecule has 0 heterocycles. The van der Waals surface area contributed by atoms with Gasteiger partial charge in [-0.2, -0.15) is 4.99 Å². The van der Waals surface area contributed by atoms with Crippen molar-refractivity contribution in [3.05, 3.63) is 24.3 Å². The van der Waals surface area contributed by atoms with E-state index >= 15 is 0 Å². The Bertz CT molecular complexity index is 462. The SMILES string of the molecule is CCOP(=O)(OCC)c1cccc(N=C=S)c1. The van der Waals surface area contributed by atoms with Crippen LogP contribution in [-0.4, -0.2) is 18.4 Å². The monoisotopic (exact) mass is 271 g/mol. The van der Waals surface area contributed by atoms with Crippen molar-refractivity contribution in [3.8, 4) is 0 Å². The van der Waals surface area contributed by atoms with Crippen molar-refractivity contribution in [1.29, 1.82) is 0 Å². The van der Waals surface area contributed by atoms with Gasteiger partial charge in [-0.15, -0.1) is 0 Å². The van der Waals surface area contributed by atoms with Gasteiger partial charge in [-0.05, 0) is 44.3 Å². The van der Waals surface area contributed by atoms with E-state index in [9.17, 15) is 4.57 Å². The smallest absolute Gasteiger partial charge is 0.305 e. The first kappa shape index (κ1) is 14.2. The van der Waals surface area contributed by atoms with Crippen LogP contribution in [0.15, 0.2) is 29.3 Å². The lowest BCUT2D eigenvalue weighted by atomic mass is 10.3. The first-order chi connectivity index (χ1) is 8.16. The zero-order chi connectivity index (χ0) is 12.7. The van der Waals surface area contributed by atoms with E-state index in [1.165, 1.54) is 0 Å². The lowest BCUT2D eigenvalue weighted by molar-refractivity contribution is 0.230. The summed E-state index contributed by atoms with van der Waals surface area (Å²) in [5, 5.41) is 2.74. The van der Waals surface area contributed by atoms with E-state index in [-0.39, 0.29) is 0 Å². The van der Waals surface area contributed by atoms with Crippen molar-refractivity contribution in [2.75, 3.05) is 13.2 Å². The summed E-state index contributed by atoms with van der Waals surface area (Å²) < 4.78 is 22.9. The maximum absolute atomic E-state index is 12.4. The average molecular weight is 271 g/mol. The number of isothiocyanates is 1. The predicted molar refractivity (Wildman–Crippen MR) is 71.6 cm³/mol. The van der Waals surface area contributed by atoms with Crippen molar-refractivity contribution < 1.29 is 13.6 Å². The van der Waals surface area contributed by atoms with E-state index in [1.807, 2.05) is 0 Å². The van der Waals surface area contributed by atoms with Crippen LogP contribution in [0.1, 0.15) is 13.8 Å². The molecule has 0 atom stereocenters. The number of benzene rings is 1. The van der Waals surface area contributed by atoms with E-state index in [1.54, 1.807) is 38.1 Å². The molecule has 6 heteroatoms. The zero-order valence-corrected chi connectivity index (χ0v) is 11.5. The van der Waals surface area contributed by atoms with Crippen LogP contribution in [0.5, 0.6) is 0 Å². The number of rotatable bonds is 6. The van der Waals surface area contributed by atoms with E-state index in [4.69, 9.17) is 9.05 Å². The molecule has 0 amide bonds. The largest absolute Gasteiger partial charge is 0.361 e. The molecule has 0 aliphatic carbocycles. The van der Waals surface area contributed by atoms with Gasteiger partial charge in [0.15, 0.2) is 0 Å². The van der Waals surface area contributed by atoms with Crippen molar-refractivity contribution >= 4 is 36.0 Å². The second-order valence-corrected chi connectivity index (χ2v) is 5.27. The summed E-state index contributed by atoms with van der Waals surface area (Å²) in [5.41, 5.74) is 0.581. The summed E-state index contributed by atoms with van der Waals surface area (Å²) in [6.07, 6.45) is 0. The molecule has 0 N–H and O–H groups in total. The fourth-order valence-electron chi connectivity index (χ4n) is 1.31. The molecule has 0 aliphatic heterocycles. The highest BCUT2D eigenvalue weighted by atomic mass is 32.1. The van der Waals surface area contributed by atoms with Crippen LogP contribution in [-0.2, 0) is 13.6 Å². The summed E-state index contributed by atoms with van der Waals surface area (Å²) in [7, 11) is -3.24. The van der Waals surface area contributed by atoms with Gasteiger partial charge in [0.05, 0.1) is 29.4 Å². The molecule has 1 aromatic carbocycles. The second-order valence-electron chi connectivity index (χ2n) is 3.06. The fraction of sp³-hybridized carbons (Fsp3) is 0.364. The van der Waals surface area contributed by atoms with Crippen LogP contribution in [0.3, 0.4) is 0 Å². The van der Waals surface area contributed by atoms with Crippen molar-refractivity contribution in [2.45, 2.75) is 13.8 Å². The average Bonchev–Trinajstić information content (AvgIpc) is 2.30.